The standard InChI is InChI=1S/C33H55N5O7S/c1-9-11-15-24(26(39)29(41)34-18-10-2)35-28(40)25-19-23(22(3)4)20-38(25)30(42)27(32(5,6)7)36-31(43)37-33(21-46(8,44)45)16-13-12-14-17-33/h1,22-25,27H,10-21H2,2-8H3,(H,34,41)(H,35,40)(H2,36,37,43). The van der Waals surface area contributed by atoms with E-state index < -0.39 is 68.5 Å². The molecule has 5 amide bonds. The minimum absolute atomic E-state index is 0.0258. The fourth-order valence-corrected chi connectivity index (χ4v) is 7.71. The Labute approximate surface area is 275 Å². The molecule has 4 atom stereocenters. The number of urea groups is 1. The van der Waals surface area contributed by atoms with Crippen molar-refractivity contribution in [3.05, 3.63) is 0 Å². The first-order valence-corrected chi connectivity index (χ1v) is 18.5. The van der Waals surface area contributed by atoms with E-state index in [0.29, 0.717) is 32.2 Å². The number of likely N-dealkylation sites (tertiary alicyclic amines) is 1. The highest BCUT2D eigenvalue weighted by Crippen LogP contribution is 2.33. The molecular weight excluding hydrogens is 610 g/mol. The molecule has 1 saturated heterocycles. The van der Waals surface area contributed by atoms with Gasteiger partial charge in [-0.05, 0) is 49.4 Å². The molecule has 2 aliphatic rings. The van der Waals surface area contributed by atoms with Gasteiger partial charge in [0.15, 0.2) is 0 Å². The summed E-state index contributed by atoms with van der Waals surface area (Å²) in [6.07, 6.45) is 11.3. The normalized spacial score (nSPS) is 21.1. The Kier molecular flexibility index (Phi) is 14.1. The summed E-state index contributed by atoms with van der Waals surface area (Å²) in [5.41, 5.74) is -1.70. The Morgan fingerprint density at radius 2 is 1.67 bits per heavy atom. The SMILES string of the molecule is C#CCCC(NC(=O)C1CC(C(C)C)CN1C(=O)C(NC(=O)NC1(CS(C)(=O)=O)CCCCC1)C(C)(C)C)C(=O)C(=O)NCCC. The molecule has 1 heterocycles. The molecule has 13 heteroatoms. The van der Waals surface area contributed by atoms with Crippen molar-refractivity contribution in [1.82, 2.24) is 26.2 Å². The van der Waals surface area contributed by atoms with Crippen LogP contribution in [0.15, 0.2) is 0 Å². The number of hydrogen-bond acceptors (Lipinski definition) is 7. The van der Waals surface area contributed by atoms with Crippen molar-refractivity contribution in [2.24, 2.45) is 17.3 Å². The highest BCUT2D eigenvalue weighted by molar-refractivity contribution is 7.90. The van der Waals surface area contributed by atoms with Gasteiger partial charge in [-0.3, -0.25) is 19.2 Å². The lowest BCUT2D eigenvalue weighted by molar-refractivity contribution is -0.143. The van der Waals surface area contributed by atoms with Crippen LogP contribution < -0.4 is 21.3 Å². The Balaban J connectivity index is 2.34. The second-order valence-electron chi connectivity index (χ2n) is 14.5. The number of sulfone groups is 1. The number of hydrogen-bond donors (Lipinski definition) is 4. The van der Waals surface area contributed by atoms with Gasteiger partial charge < -0.3 is 26.2 Å². The predicted molar refractivity (Wildman–Crippen MR) is 177 cm³/mol. The quantitative estimate of drug-likeness (QED) is 0.163. The number of amides is 5. The molecular formula is C33H55N5O7S. The number of nitrogens with one attached hydrogen (secondary N) is 4. The minimum atomic E-state index is -3.40. The Morgan fingerprint density at radius 1 is 1.04 bits per heavy atom. The Morgan fingerprint density at radius 3 is 2.20 bits per heavy atom. The fraction of sp³-hybridized carbons (Fsp3) is 0.788. The van der Waals surface area contributed by atoms with Gasteiger partial charge in [-0.25, -0.2) is 13.2 Å². The van der Waals surface area contributed by atoms with Crippen LogP contribution in [-0.2, 0) is 29.0 Å². The zero-order valence-electron chi connectivity index (χ0n) is 28.7. The van der Waals surface area contributed by atoms with E-state index in [1.807, 2.05) is 20.8 Å². The molecule has 12 nitrogen and oxygen atoms in total. The smallest absolute Gasteiger partial charge is 0.315 e. The van der Waals surface area contributed by atoms with Gasteiger partial charge in [-0.15, -0.1) is 12.3 Å². The van der Waals surface area contributed by atoms with Crippen molar-refractivity contribution in [2.75, 3.05) is 25.1 Å². The third kappa shape index (κ3) is 11.3. The topological polar surface area (TPSA) is 171 Å². The highest BCUT2D eigenvalue weighted by atomic mass is 32.2. The summed E-state index contributed by atoms with van der Waals surface area (Å²) in [7, 11) is -3.40. The van der Waals surface area contributed by atoms with Crippen molar-refractivity contribution in [1.29, 1.82) is 0 Å². The maximum atomic E-state index is 14.3. The van der Waals surface area contributed by atoms with Crippen molar-refractivity contribution in [2.45, 2.75) is 123 Å². The van der Waals surface area contributed by atoms with Crippen LogP contribution in [0, 0.1) is 29.6 Å². The van der Waals surface area contributed by atoms with Gasteiger partial charge in [-0.2, -0.15) is 0 Å². The molecule has 2 rings (SSSR count). The first-order valence-electron chi connectivity index (χ1n) is 16.5. The van der Waals surface area contributed by atoms with Crippen molar-refractivity contribution in [3.63, 3.8) is 0 Å². The van der Waals surface area contributed by atoms with Gasteiger partial charge >= 0.3 is 6.03 Å². The third-order valence-electron chi connectivity index (χ3n) is 8.95. The summed E-state index contributed by atoms with van der Waals surface area (Å²) in [5, 5.41) is 11.0. The molecule has 1 aliphatic carbocycles. The average Bonchev–Trinajstić information content (AvgIpc) is 3.41. The lowest BCUT2D eigenvalue weighted by Crippen LogP contribution is -2.63. The van der Waals surface area contributed by atoms with Gasteiger partial charge in [0.05, 0.1) is 17.3 Å². The van der Waals surface area contributed by atoms with Crippen LogP contribution >= 0.6 is 0 Å². The maximum absolute atomic E-state index is 14.3. The molecule has 4 N–H and O–H groups in total. The van der Waals surface area contributed by atoms with Gasteiger partial charge in [-0.1, -0.05) is 60.8 Å². The number of nitrogens with zero attached hydrogens (tertiary/aromatic N) is 1. The number of rotatable bonds is 14. The van der Waals surface area contributed by atoms with Crippen LogP contribution in [0.25, 0.3) is 0 Å². The minimum Gasteiger partial charge on any atom is -0.349 e. The molecule has 1 aliphatic heterocycles. The van der Waals surface area contributed by atoms with Crippen LogP contribution in [0.3, 0.4) is 0 Å². The Hall–Kier alpha value is -3.14. The van der Waals surface area contributed by atoms with E-state index in [9.17, 15) is 32.4 Å². The van der Waals surface area contributed by atoms with Gasteiger partial charge in [0.1, 0.15) is 21.9 Å². The number of Topliss-reactive ketones (excluding diaryl/α,β-unsaturated/α-hetero) is 1. The van der Waals surface area contributed by atoms with Crippen LogP contribution in [-0.4, -0.2) is 91.6 Å². The van der Waals surface area contributed by atoms with Crippen molar-refractivity contribution < 1.29 is 32.4 Å². The predicted octanol–water partition coefficient (Wildman–Crippen LogP) is 2.31. The van der Waals surface area contributed by atoms with Crippen LogP contribution in [0.4, 0.5) is 4.79 Å². The summed E-state index contributed by atoms with van der Waals surface area (Å²) in [4.78, 5) is 68.4. The molecule has 2 fully saturated rings. The number of carbonyl (C=O) groups is 5. The lowest BCUT2D eigenvalue weighted by Gasteiger charge is -2.40. The highest BCUT2D eigenvalue weighted by Gasteiger charge is 2.47. The summed E-state index contributed by atoms with van der Waals surface area (Å²) in [6.45, 7) is 11.8. The summed E-state index contributed by atoms with van der Waals surface area (Å²) in [6, 6.07) is -3.78. The molecule has 0 spiro atoms. The van der Waals surface area contributed by atoms with E-state index >= 15 is 0 Å². The van der Waals surface area contributed by atoms with Crippen LogP contribution in [0.5, 0.6) is 0 Å². The lowest BCUT2D eigenvalue weighted by atomic mass is 9.83. The first-order chi connectivity index (χ1) is 21.3. The molecule has 0 aromatic heterocycles. The number of terminal acetylenes is 1. The van der Waals surface area contributed by atoms with Gasteiger partial charge in [0.25, 0.3) is 5.91 Å². The van der Waals surface area contributed by atoms with Gasteiger partial charge in [0, 0.05) is 25.8 Å². The first kappa shape index (κ1) is 39.0. The van der Waals surface area contributed by atoms with E-state index in [4.69, 9.17) is 6.42 Å². The van der Waals surface area contributed by atoms with E-state index in [0.717, 1.165) is 25.5 Å². The molecule has 0 bridgehead atoms. The van der Waals surface area contributed by atoms with Crippen molar-refractivity contribution >= 4 is 39.4 Å². The van der Waals surface area contributed by atoms with E-state index in [-0.39, 0.29) is 37.0 Å². The van der Waals surface area contributed by atoms with Gasteiger partial charge in [0.2, 0.25) is 17.6 Å². The summed E-state index contributed by atoms with van der Waals surface area (Å²) >= 11 is 0. The monoisotopic (exact) mass is 665 g/mol. The third-order valence-corrected chi connectivity index (χ3v) is 10.0. The zero-order valence-corrected chi connectivity index (χ0v) is 29.5. The van der Waals surface area contributed by atoms with E-state index in [1.54, 1.807) is 20.8 Å². The molecule has 260 valence electrons. The number of carbonyl (C=O) groups excluding carboxylic acids is 5. The molecule has 0 aromatic carbocycles. The molecule has 1 saturated carbocycles. The average molecular weight is 666 g/mol. The van der Waals surface area contributed by atoms with E-state index in [1.165, 1.54) is 4.90 Å². The molecule has 46 heavy (non-hydrogen) atoms. The zero-order chi connectivity index (χ0) is 34.9. The molecule has 0 radical (unpaired) electrons. The van der Waals surface area contributed by atoms with Crippen LogP contribution in [0.1, 0.15) is 99.3 Å². The maximum Gasteiger partial charge on any atom is 0.315 e. The number of ketones is 1. The second-order valence-corrected chi connectivity index (χ2v) is 16.6. The van der Waals surface area contributed by atoms with E-state index in [2.05, 4.69) is 27.2 Å². The fourth-order valence-electron chi connectivity index (χ4n) is 6.35. The summed E-state index contributed by atoms with van der Waals surface area (Å²) < 4.78 is 24.5. The second kappa shape index (κ2) is 16.6. The largest absolute Gasteiger partial charge is 0.349 e. The van der Waals surface area contributed by atoms with Crippen molar-refractivity contribution in [3.8, 4) is 12.3 Å². The Bertz CT molecular complexity index is 1260. The van der Waals surface area contributed by atoms with Crippen LogP contribution in [0.2, 0.25) is 0 Å². The molecule has 0 aromatic rings. The summed E-state index contributed by atoms with van der Waals surface area (Å²) in [5.74, 6) is -0.275. The molecule has 4 unspecified atom stereocenters.